The van der Waals surface area contributed by atoms with E-state index in [1.807, 2.05) is 0 Å². The summed E-state index contributed by atoms with van der Waals surface area (Å²) in [5.41, 5.74) is -0.00926. The highest BCUT2D eigenvalue weighted by Crippen LogP contribution is 1.90. The highest BCUT2D eigenvalue weighted by atomic mass is 32.1. The Morgan fingerprint density at radius 3 is 2.88 bits per heavy atom. The molecule has 0 N–H and O–H groups in total. The zero-order valence-electron chi connectivity index (χ0n) is 4.20. The quantitative estimate of drug-likeness (QED) is 0.551. The normalized spacial score (nSPS) is 9.00. The van der Waals surface area contributed by atoms with Crippen molar-refractivity contribution in [2.75, 3.05) is 0 Å². The maximum atomic E-state index is 10.6. The van der Waals surface area contributed by atoms with Crippen LogP contribution < -0.4 is 5.56 Å². The molecule has 0 unspecified atom stereocenters. The molecule has 1 heterocycles. The third-order valence-electron chi connectivity index (χ3n) is 0.768. The number of hydrogen-bond donors (Lipinski definition) is 0. The second-order valence-corrected chi connectivity index (χ2v) is 2.13. The first-order chi connectivity index (χ1) is 3.84. The van der Waals surface area contributed by atoms with Crippen LogP contribution in [0, 0.1) is 0 Å². The Balaban J connectivity index is 3.30. The molecule has 1 rings (SSSR count). The largest absolute Gasteiger partial charge is 0.268 e. The molecule has 0 aromatic carbocycles. The van der Waals surface area contributed by atoms with Crippen LogP contribution in [0.1, 0.15) is 0 Å². The van der Waals surface area contributed by atoms with E-state index in [1.165, 1.54) is 27.8 Å². The van der Waals surface area contributed by atoms with Gasteiger partial charge in [0.2, 0.25) is 0 Å². The van der Waals surface area contributed by atoms with Crippen LogP contribution in [0.15, 0.2) is 22.8 Å². The van der Waals surface area contributed by atoms with Gasteiger partial charge < -0.3 is 0 Å². The second kappa shape index (κ2) is 1.96. The topological polar surface area (TPSA) is 22.0 Å². The van der Waals surface area contributed by atoms with Gasteiger partial charge in [-0.15, -0.1) is 0 Å². The molecule has 3 heteroatoms. The number of nitrogens with zero attached hydrogens (tertiary/aromatic N) is 1. The van der Waals surface area contributed by atoms with E-state index in [-0.39, 0.29) is 5.56 Å². The fourth-order valence-corrected chi connectivity index (χ4v) is 0.972. The average molecular weight is 127 g/mol. The van der Waals surface area contributed by atoms with Gasteiger partial charge in [-0.1, -0.05) is 18.1 Å². The minimum absolute atomic E-state index is 0.00926. The lowest BCUT2D eigenvalue weighted by Gasteiger charge is -1.80. The van der Waals surface area contributed by atoms with Crippen LogP contribution in [-0.4, -0.2) is 3.96 Å². The first kappa shape index (κ1) is 5.31. The number of rotatable bonds is 1. The maximum Gasteiger partial charge on any atom is 0.264 e. The van der Waals surface area contributed by atoms with Crippen LogP contribution in [0.25, 0.3) is 6.20 Å². The van der Waals surface area contributed by atoms with E-state index in [9.17, 15) is 4.79 Å². The zero-order chi connectivity index (χ0) is 5.98. The molecule has 0 amide bonds. The SMILES string of the molecule is C=Cn1sccc1=O. The van der Waals surface area contributed by atoms with E-state index in [2.05, 4.69) is 6.58 Å². The van der Waals surface area contributed by atoms with Crippen LogP contribution >= 0.6 is 11.5 Å². The van der Waals surface area contributed by atoms with E-state index in [0.29, 0.717) is 0 Å². The van der Waals surface area contributed by atoms with Crippen molar-refractivity contribution in [1.82, 2.24) is 3.96 Å². The molecule has 0 aliphatic rings. The van der Waals surface area contributed by atoms with Gasteiger partial charge in [0.05, 0.1) is 0 Å². The fourth-order valence-electron chi connectivity index (χ4n) is 0.413. The summed E-state index contributed by atoms with van der Waals surface area (Å²) in [7, 11) is 0. The van der Waals surface area contributed by atoms with Gasteiger partial charge in [-0.2, -0.15) is 0 Å². The van der Waals surface area contributed by atoms with Crippen LogP contribution in [-0.2, 0) is 0 Å². The van der Waals surface area contributed by atoms with Crippen molar-refractivity contribution in [3.05, 3.63) is 28.4 Å². The first-order valence-electron chi connectivity index (χ1n) is 2.13. The Labute approximate surface area is 50.8 Å². The van der Waals surface area contributed by atoms with Crippen molar-refractivity contribution in [1.29, 1.82) is 0 Å². The van der Waals surface area contributed by atoms with Crippen LogP contribution in [0.4, 0.5) is 0 Å². The molecule has 0 saturated carbocycles. The molecule has 0 aliphatic heterocycles. The fraction of sp³-hybridized carbons (Fsp3) is 0. The van der Waals surface area contributed by atoms with E-state index in [4.69, 9.17) is 0 Å². The van der Waals surface area contributed by atoms with Gasteiger partial charge in [0, 0.05) is 17.6 Å². The predicted octanol–water partition coefficient (Wildman–Crippen LogP) is 1.01. The van der Waals surface area contributed by atoms with E-state index in [0.717, 1.165) is 0 Å². The Kier molecular flexibility index (Phi) is 1.30. The number of aromatic nitrogens is 1. The summed E-state index contributed by atoms with van der Waals surface area (Å²) in [6, 6.07) is 1.51. The second-order valence-electron chi connectivity index (χ2n) is 1.25. The summed E-state index contributed by atoms with van der Waals surface area (Å²) >= 11 is 1.34. The standard InChI is InChI=1S/C5H5NOS/c1-2-6-5(7)3-4-8-6/h2-4H,1H2. The highest BCUT2D eigenvalue weighted by molar-refractivity contribution is 7.04. The van der Waals surface area contributed by atoms with Crippen LogP contribution in [0.2, 0.25) is 0 Å². The average Bonchev–Trinajstić information content (AvgIpc) is 2.14. The maximum absolute atomic E-state index is 10.6. The van der Waals surface area contributed by atoms with Gasteiger partial charge in [-0.05, 0) is 0 Å². The predicted molar refractivity (Wildman–Crippen MR) is 35.0 cm³/mol. The highest BCUT2D eigenvalue weighted by Gasteiger charge is 1.85. The molecule has 1 aromatic rings. The summed E-state index contributed by atoms with van der Waals surface area (Å²) < 4.78 is 1.46. The summed E-state index contributed by atoms with van der Waals surface area (Å²) in [5, 5.41) is 1.73. The Hall–Kier alpha value is -0.830. The van der Waals surface area contributed by atoms with Gasteiger partial charge in [0.15, 0.2) is 0 Å². The smallest absolute Gasteiger partial charge is 0.264 e. The number of hydrogen-bond acceptors (Lipinski definition) is 2. The van der Waals surface area contributed by atoms with Crippen molar-refractivity contribution in [3.63, 3.8) is 0 Å². The molecule has 0 saturated heterocycles. The van der Waals surface area contributed by atoms with Gasteiger partial charge in [0.25, 0.3) is 5.56 Å². The Bertz CT molecular complexity index is 235. The van der Waals surface area contributed by atoms with Crippen molar-refractivity contribution >= 4 is 17.7 Å². The van der Waals surface area contributed by atoms with Crippen LogP contribution in [0.3, 0.4) is 0 Å². The Morgan fingerprint density at radius 2 is 2.62 bits per heavy atom. The summed E-state index contributed by atoms with van der Waals surface area (Å²) in [6.07, 6.45) is 1.49. The molecule has 8 heavy (non-hydrogen) atoms. The molecule has 1 aromatic heterocycles. The van der Waals surface area contributed by atoms with Crippen molar-refractivity contribution in [2.24, 2.45) is 0 Å². The zero-order valence-corrected chi connectivity index (χ0v) is 5.02. The first-order valence-corrected chi connectivity index (χ1v) is 2.97. The van der Waals surface area contributed by atoms with E-state index < -0.39 is 0 Å². The molecule has 0 radical (unpaired) electrons. The van der Waals surface area contributed by atoms with E-state index >= 15 is 0 Å². The lowest BCUT2D eigenvalue weighted by Crippen LogP contribution is -2.03. The van der Waals surface area contributed by atoms with Gasteiger partial charge in [-0.3, -0.25) is 4.79 Å². The molecular formula is C5H5NOS. The molecular weight excluding hydrogens is 122 g/mol. The lowest BCUT2D eigenvalue weighted by molar-refractivity contribution is 1.23. The van der Waals surface area contributed by atoms with Crippen molar-refractivity contribution < 1.29 is 0 Å². The lowest BCUT2D eigenvalue weighted by atomic mass is 10.7. The molecule has 0 spiro atoms. The summed E-state index contributed by atoms with van der Waals surface area (Å²) in [6.45, 7) is 3.44. The minimum Gasteiger partial charge on any atom is -0.268 e. The molecule has 0 fully saturated rings. The molecule has 0 atom stereocenters. The van der Waals surface area contributed by atoms with Crippen molar-refractivity contribution in [3.8, 4) is 0 Å². The molecule has 0 bridgehead atoms. The minimum atomic E-state index is -0.00926. The van der Waals surface area contributed by atoms with E-state index in [1.54, 1.807) is 5.38 Å². The third-order valence-corrected chi connectivity index (χ3v) is 1.58. The van der Waals surface area contributed by atoms with Crippen molar-refractivity contribution in [2.45, 2.75) is 0 Å². The molecule has 0 aliphatic carbocycles. The van der Waals surface area contributed by atoms with Gasteiger partial charge in [-0.25, -0.2) is 3.96 Å². The molecule has 42 valence electrons. The molecule has 2 nitrogen and oxygen atoms in total. The van der Waals surface area contributed by atoms with Crippen LogP contribution in [0.5, 0.6) is 0 Å². The van der Waals surface area contributed by atoms with Gasteiger partial charge in [0.1, 0.15) is 0 Å². The van der Waals surface area contributed by atoms with Gasteiger partial charge >= 0.3 is 0 Å². The summed E-state index contributed by atoms with van der Waals surface area (Å²) in [5.74, 6) is 0. The summed E-state index contributed by atoms with van der Waals surface area (Å²) in [4.78, 5) is 10.6. The Morgan fingerprint density at radius 1 is 1.88 bits per heavy atom. The monoisotopic (exact) mass is 127 g/mol. The third kappa shape index (κ3) is 0.721.